The number of aromatic nitrogens is 2. The van der Waals surface area contributed by atoms with Crippen molar-refractivity contribution in [1.82, 2.24) is 20.8 Å². The maximum Gasteiger partial charge on any atom is 0.232 e. The van der Waals surface area contributed by atoms with Crippen LogP contribution in [0.3, 0.4) is 0 Å². The van der Waals surface area contributed by atoms with Gasteiger partial charge in [0.25, 0.3) is 0 Å². The largest absolute Gasteiger partial charge is 0.376 e. The average Bonchev–Trinajstić information content (AvgIpc) is 3.14. The summed E-state index contributed by atoms with van der Waals surface area (Å²) in [6.07, 6.45) is 0. The third-order valence-corrected chi connectivity index (χ3v) is 3.96. The van der Waals surface area contributed by atoms with Gasteiger partial charge in [0, 0.05) is 18.5 Å². The molecule has 7 heteroatoms. The van der Waals surface area contributed by atoms with Crippen LogP contribution in [0.4, 0.5) is 0 Å². The summed E-state index contributed by atoms with van der Waals surface area (Å²) in [6, 6.07) is 10.2. The molecule has 2 N–H and O–H groups in total. The van der Waals surface area contributed by atoms with Crippen molar-refractivity contribution in [1.29, 1.82) is 0 Å². The first-order chi connectivity index (χ1) is 13.4. The summed E-state index contributed by atoms with van der Waals surface area (Å²) in [7, 11) is 0. The summed E-state index contributed by atoms with van der Waals surface area (Å²) in [5, 5.41) is 10.6. The minimum atomic E-state index is -0.160. The zero-order valence-corrected chi connectivity index (χ0v) is 17.7. The van der Waals surface area contributed by atoms with E-state index in [1.54, 1.807) is 0 Å². The van der Waals surface area contributed by atoms with E-state index >= 15 is 0 Å². The fourth-order valence-electron chi connectivity index (χ4n) is 2.40. The van der Waals surface area contributed by atoms with E-state index in [0.717, 1.165) is 19.0 Å². The molecule has 0 spiro atoms. The second kappa shape index (κ2) is 10.8. The van der Waals surface area contributed by atoms with Crippen LogP contribution >= 0.6 is 0 Å². The fraction of sp³-hybridized carbons (Fsp3) is 0.571. The number of nitrogens with one attached hydrogen (secondary N) is 2. The molecule has 28 heavy (non-hydrogen) atoms. The minimum Gasteiger partial charge on any atom is -0.376 e. The van der Waals surface area contributed by atoms with Gasteiger partial charge in [0.05, 0.1) is 13.2 Å². The second-order valence-corrected chi connectivity index (χ2v) is 7.95. The molecule has 2 rings (SSSR count). The normalized spacial score (nSPS) is 13.4. The molecule has 154 valence electrons. The van der Waals surface area contributed by atoms with Gasteiger partial charge in [-0.25, -0.2) is 4.99 Å². The second-order valence-electron chi connectivity index (χ2n) is 7.95. The number of guanidine groups is 1. The summed E-state index contributed by atoms with van der Waals surface area (Å²) in [5.74, 6) is 2.30. The van der Waals surface area contributed by atoms with Crippen molar-refractivity contribution in [3.63, 3.8) is 0 Å². The molecule has 2 aromatic rings. The average molecular weight is 388 g/mol. The fourth-order valence-corrected chi connectivity index (χ4v) is 2.40. The van der Waals surface area contributed by atoms with Crippen LogP contribution in [0.5, 0.6) is 0 Å². The van der Waals surface area contributed by atoms with Gasteiger partial charge >= 0.3 is 0 Å². The SMILES string of the molecule is CCNC(=NCc1noc(C(C)(C)C)n1)NCC(C)COCc1ccccc1. The summed E-state index contributed by atoms with van der Waals surface area (Å²) in [4.78, 5) is 8.97. The molecule has 0 saturated heterocycles. The Morgan fingerprint density at radius 3 is 2.61 bits per heavy atom. The Hall–Kier alpha value is -2.41. The Labute approximate surface area is 168 Å². The molecule has 0 radical (unpaired) electrons. The van der Waals surface area contributed by atoms with E-state index in [4.69, 9.17) is 9.26 Å². The van der Waals surface area contributed by atoms with Crippen LogP contribution in [-0.4, -0.2) is 35.8 Å². The Kier molecular flexibility index (Phi) is 8.44. The molecule has 7 nitrogen and oxygen atoms in total. The molecule has 1 aromatic carbocycles. The summed E-state index contributed by atoms with van der Waals surface area (Å²) < 4.78 is 11.1. The monoisotopic (exact) mass is 387 g/mol. The molecule has 0 aliphatic heterocycles. The maximum absolute atomic E-state index is 5.80. The van der Waals surface area contributed by atoms with Crippen molar-refractivity contribution in [3.8, 4) is 0 Å². The van der Waals surface area contributed by atoms with Crippen molar-refractivity contribution in [2.45, 2.75) is 53.2 Å². The van der Waals surface area contributed by atoms with E-state index in [1.807, 2.05) is 45.9 Å². The lowest BCUT2D eigenvalue weighted by Gasteiger charge is -2.16. The van der Waals surface area contributed by atoms with Gasteiger partial charge in [-0.3, -0.25) is 0 Å². The lowest BCUT2D eigenvalue weighted by Crippen LogP contribution is -2.40. The van der Waals surface area contributed by atoms with Gasteiger partial charge in [0.2, 0.25) is 5.89 Å². The summed E-state index contributed by atoms with van der Waals surface area (Å²) in [5.41, 5.74) is 1.03. The minimum absolute atomic E-state index is 0.160. The van der Waals surface area contributed by atoms with E-state index in [1.165, 1.54) is 5.56 Å². The van der Waals surface area contributed by atoms with Crippen molar-refractivity contribution in [2.24, 2.45) is 10.9 Å². The highest BCUT2D eigenvalue weighted by Gasteiger charge is 2.21. The van der Waals surface area contributed by atoms with Crippen molar-refractivity contribution in [3.05, 3.63) is 47.6 Å². The number of ether oxygens (including phenoxy) is 1. The van der Waals surface area contributed by atoms with E-state index < -0.39 is 0 Å². The van der Waals surface area contributed by atoms with E-state index in [2.05, 4.69) is 44.8 Å². The van der Waals surface area contributed by atoms with Gasteiger partial charge in [-0.05, 0) is 18.4 Å². The highest BCUT2D eigenvalue weighted by Crippen LogP contribution is 2.19. The number of hydrogen-bond donors (Lipinski definition) is 2. The van der Waals surface area contributed by atoms with Gasteiger partial charge in [-0.15, -0.1) is 0 Å². The predicted octanol–water partition coefficient (Wildman–Crippen LogP) is 3.28. The molecule has 0 aliphatic rings. The Balaban J connectivity index is 1.77. The lowest BCUT2D eigenvalue weighted by atomic mass is 9.97. The number of rotatable bonds is 9. The maximum atomic E-state index is 5.80. The molecule has 1 unspecified atom stereocenters. The number of benzene rings is 1. The van der Waals surface area contributed by atoms with Crippen LogP contribution in [0.1, 0.15) is 51.9 Å². The lowest BCUT2D eigenvalue weighted by molar-refractivity contribution is 0.0931. The van der Waals surface area contributed by atoms with Crippen molar-refractivity contribution < 1.29 is 9.26 Å². The van der Waals surface area contributed by atoms with Crippen LogP contribution < -0.4 is 10.6 Å². The topological polar surface area (TPSA) is 84.6 Å². The molecule has 0 fully saturated rings. The van der Waals surface area contributed by atoms with Crippen molar-refractivity contribution in [2.75, 3.05) is 19.7 Å². The summed E-state index contributed by atoms with van der Waals surface area (Å²) in [6.45, 7) is 13.5. The van der Waals surface area contributed by atoms with E-state index in [0.29, 0.717) is 37.4 Å². The van der Waals surface area contributed by atoms with E-state index in [9.17, 15) is 0 Å². The molecule has 0 bridgehead atoms. The summed E-state index contributed by atoms with van der Waals surface area (Å²) >= 11 is 0. The predicted molar refractivity (Wildman–Crippen MR) is 111 cm³/mol. The van der Waals surface area contributed by atoms with Gasteiger partial charge in [-0.2, -0.15) is 4.98 Å². The van der Waals surface area contributed by atoms with Crippen LogP contribution in [0.15, 0.2) is 39.8 Å². The number of hydrogen-bond acceptors (Lipinski definition) is 5. The molecular formula is C21H33N5O2. The molecular weight excluding hydrogens is 354 g/mol. The molecule has 0 aliphatic carbocycles. The highest BCUT2D eigenvalue weighted by atomic mass is 16.5. The Morgan fingerprint density at radius 2 is 1.96 bits per heavy atom. The highest BCUT2D eigenvalue weighted by molar-refractivity contribution is 5.79. The van der Waals surface area contributed by atoms with Gasteiger partial charge in [0.15, 0.2) is 11.8 Å². The first-order valence-corrected chi connectivity index (χ1v) is 9.85. The Bertz CT molecular complexity index is 722. The molecule has 0 amide bonds. The third-order valence-electron chi connectivity index (χ3n) is 3.96. The number of nitrogens with zero attached hydrogens (tertiary/aromatic N) is 3. The van der Waals surface area contributed by atoms with Gasteiger partial charge < -0.3 is 19.9 Å². The van der Waals surface area contributed by atoms with Crippen LogP contribution in [0.25, 0.3) is 0 Å². The molecule has 1 heterocycles. The molecule has 0 saturated carbocycles. The van der Waals surface area contributed by atoms with Crippen LogP contribution in [0, 0.1) is 5.92 Å². The van der Waals surface area contributed by atoms with E-state index in [-0.39, 0.29) is 5.41 Å². The smallest absolute Gasteiger partial charge is 0.232 e. The first-order valence-electron chi connectivity index (χ1n) is 9.85. The molecule has 1 atom stereocenters. The zero-order valence-electron chi connectivity index (χ0n) is 17.7. The standard InChI is InChI=1S/C21H33N5O2/c1-6-22-20(24-13-18-25-19(28-26-18)21(3,4)5)23-12-16(2)14-27-15-17-10-8-7-9-11-17/h7-11,16H,6,12-15H2,1-5H3,(H2,22,23,24). The zero-order chi connectivity index (χ0) is 20.4. The van der Waals surface area contributed by atoms with Gasteiger partial charge in [0.1, 0.15) is 6.54 Å². The third kappa shape index (κ3) is 7.68. The van der Waals surface area contributed by atoms with Crippen LogP contribution in [0.2, 0.25) is 0 Å². The van der Waals surface area contributed by atoms with Gasteiger partial charge in [-0.1, -0.05) is 63.2 Å². The Morgan fingerprint density at radius 1 is 1.21 bits per heavy atom. The van der Waals surface area contributed by atoms with Crippen molar-refractivity contribution >= 4 is 5.96 Å². The first kappa shape index (κ1) is 21.9. The number of aliphatic imine (C=N–C) groups is 1. The molecule has 1 aromatic heterocycles. The quantitative estimate of drug-likeness (QED) is 0.507. The van der Waals surface area contributed by atoms with Crippen LogP contribution in [-0.2, 0) is 23.3 Å².